The van der Waals surface area contributed by atoms with Crippen molar-refractivity contribution in [2.45, 2.75) is 127 Å². The van der Waals surface area contributed by atoms with Gasteiger partial charge in [-0.1, -0.05) is 25.5 Å². The molecule has 8 heteroatoms. The molecule has 2 heterocycles. The van der Waals surface area contributed by atoms with Gasteiger partial charge < -0.3 is 34.3 Å². The zero-order valence-electron chi connectivity index (χ0n) is 22.1. The van der Waals surface area contributed by atoms with E-state index in [2.05, 4.69) is 13.0 Å². The fourth-order valence-corrected chi connectivity index (χ4v) is 9.41. The summed E-state index contributed by atoms with van der Waals surface area (Å²) in [4.78, 5) is 14.1. The highest BCUT2D eigenvalue weighted by Gasteiger charge is 2.81. The van der Waals surface area contributed by atoms with E-state index in [0.717, 1.165) is 12.0 Å². The lowest BCUT2D eigenvalue weighted by Crippen LogP contribution is -2.77. The molecule has 4 aliphatic carbocycles. The lowest BCUT2D eigenvalue weighted by molar-refractivity contribution is -0.276. The fraction of sp³-hybridized carbons (Fsp3) is 0.893. The molecule has 2 saturated heterocycles. The average molecular weight is 507 g/mol. The molecule has 8 nitrogen and oxygen atoms in total. The molecule has 0 radical (unpaired) electrons. The predicted octanol–water partition coefficient (Wildman–Crippen LogP) is 2.27. The van der Waals surface area contributed by atoms with Gasteiger partial charge in [0.1, 0.15) is 23.4 Å². The summed E-state index contributed by atoms with van der Waals surface area (Å²) >= 11 is 0. The number of fused-ring (bicyclic) bond motifs is 4. The van der Waals surface area contributed by atoms with E-state index in [1.54, 1.807) is 7.11 Å². The summed E-state index contributed by atoms with van der Waals surface area (Å²) in [5, 5.41) is 34.8. The third-order valence-corrected chi connectivity index (χ3v) is 11.4. The number of ketones is 1. The van der Waals surface area contributed by atoms with Crippen molar-refractivity contribution in [1.82, 2.24) is 0 Å². The monoisotopic (exact) mass is 506 g/mol. The maximum Gasteiger partial charge on any atom is 0.169 e. The molecule has 0 aromatic rings. The van der Waals surface area contributed by atoms with Crippen molar-refractivity contribution in [3.8, 4) is 0 Å². The Bertz CT molecular complexity index is 967. The van der Waals surface area contributed by atoms with Crippen LogP contribution in [0.1, 0.15) is 72.6 Å². The number of hydrogen-bond acceptors (Lipinski definition) is 8. The Balaban J connectivity index is 1.27. The lowest BCUT2D eigenvalue weighted by Gasteiger charge is -2.64. The third-order valence-electron chi connectivity index (χ3n) is 11.4. The van der Waals surface area contributed by atoms with Crippen molar-refractivity contribution in [2.24, 2.45) is 22.7 Å². The smallest absolute Gasteiger partial charge is 0.169 e. The Hall–Kier alpha value is -0.870. The number of Topliss-reactive ketones (excluding diaryl/α,β-unsaturated/α-hetero) is 1. The van der Waals surface area contributed by atoms with Crippen molar-refractivity contribution in [2.75, 3.05) is 7.11 Å². The highest BCUT2D eigenvalue weighted by Crippen LogP contribution is 2.71. The minimum atomic E-state index is -1.51. The number of aliphatic hydroxyl groups excluding tert-OH is 1. The molecular weight excluding hydrogens is 464 g/mol. The molecule has 13 atom stereocenters. The molecule has 2 aliphatic heterocycles. The van der Waals surface area contributed by atoms with Crippen LogP contribution in [-0.2, 0) is 23.7 Å². The predicted molar refractivity (Wildman–Crippen MR) is 129 cm³/mol. The number of carbonyl (C=O) groups excluding carboxylic acids is 1. The average Bonchev–Trinajstić information content (AvgIpc) is 3.27. The van der Waals surface area contributed by atoms with Crippen LogP contribution in [0.3, 0.4) is 0 Å². The minimum absolute atomic E-state index is 0.0465. The van der Waals surface area contributed by atoms with Gasteiger partial charge in [0.25, 0.3) is 0 Å². The minimum Gasteiger partial charge on any atom is -0.388 e. The maximum atomic E-state index is 14.1. The summed E-state index contributed by atoms with van der Waals surface area (Å²) in [5.74, 6) is -0.692. The van der Waals surface area contributed by atoms with Crippen LogP contribution in [0.15, 0.2) is 11.6 Å². The zero-order valence-corrected chi connectivity index (χ0v) is 22.1. The van der Waals surface area contributed by atoms with Crippen LogP contribution >= 0.6 is 0 Å². The topological polar surface area (TPSA) is 115 Å². The Kier molecular flexibility index (Phi) is 5.70. The van der Waals surface area contributed by atoms with Crippen molar-refractivity contribution in [3.05, 3.63) is 11.6 Å². The largest absolute Gasteiger partial charge is 0.388 e. The van der Waals surface area contributed by atoms with Crippen molar-refractivity contribution in [1.29, 1.82) is 0 Å². The van der Waals surface area contributed by atoms with E-state index in [1.165, 1.54) is 0 Å². The quantitative estimate of drug-likeness (QED) is 0.500. The maximum absolute atomic E-state index is 14.1. The Morgan fingerprint density at radius 1 is 1.08 bits per heavy atom. The van der Waals surface area contributed by atoms with Gasteiger partial charge in [0.05, 0.1) is 30.3 Å². The van der Waals surface area contributed by atoms with Crippen LogP contribution in [0.4, 0.5) is 0 Å². The van der Waals surface area contributed by atoms with Gasteiger partial charge >= 0.3 is 0 Å². The highest BCUT2D eigenvalue weighted by molar-refractivity contribution is 5.91. The summed E-state index contributed by atoms with van der Waals surface area (Å²) in [7, 11) is 1.59. The molecule has 5 fully saturated rings. The summed E-state index contributed by atoms with van der Waals surface area (Å²) < 4.78 is 24.0. The molecule has 0 spiro atoms. The molecule has 6 aliphatic rings. The standard InChI is InChI=1S/C28H42O8/c1-14-18-8-11-28(32)26(18,4)24(35-14)22(30)23-25(3)9-7-17(12-16(25)6-10-27(23,28)31)36-20-13-19(33-5)21(29)15(2)34-20/h6,14-15,17-21,23-24,29,31-32H,7-13H2,1-5H3/t14-,15-,17+,18+,19-,20+,21+,23-,24+,25+,26+,27+,28-/m1/s1. The van der Waals surface area contributed by atoms with Gasteiger partial charge in [0, 0.05) is 24.4 Å². The second kappa shape index (κ2) is 8.07. The van der Waals surface area contributed by atoms with Crippen molar-refractivity contribution < 1.29 is 39.1 Å². The fourth-order valence-electron chi connectivity index (χ4n) is 9.41. The van der Waals surface area contributed by atoms with Gasteiger partial charge in [-0.3, -0.25) is 4.79 Å². The third kappa shape index (κ3) is 2.98. The van der Waals surface area contributed by atoms with Gasteiger partial charge in [0.2, 0.25) is 0 Å². The second-order valence-electron chi connectivity index (χ2n) is 12.9. The van der Waals surface area contributed by atoms with Crippen molar-refractivity contribution >= 4 is 5.78 Å². The number of hydrogen-bond donors (Lipinski definition) is 3. The van der Waals surface area contributed by atoms with Crippen LogP contribution in [0.2, 0.25) is 0 Å². The van der Waals surface area contributed by atoms with E-state index in [1.807, 2.05) is 20.8 Å². The number of aliphatic hydroxyl groups is 3. The van der Waals surface area contributed by atoms with E-state index in [0.29, 0.717) is 32.1 Å². The van der Waals surface area contributed by atoms with Crippen LogP contribution in [0.25, 0.3) is 0 Å². The first-order chi connectivity index (χ1) is 16.9. The normalized spacial score (nSPS) is 58.2. The second-order valence-corrected chi connectivity index (χ2v) is 12.9. The van der Waals surface area contributed by atoms with E-state index in [4.69, 9.17) is 18.9 Å². The zero-order chi connectivity index (χ0) is 25.8. The molecular formula is C28H42O8. The van der Waals surface area contributed by atoms with Crippen molar-refractivity contribution in [3.63, 3.8) is 0 Å². The first-order valence-corrected chi connectivity index (χ1v) is 13.8. The Morgan fingerprint density at radius 2 is 1.83 bits per heavy atom. The van der Waals surface area contributed by atoms with Crippen LogP contribution < -0.4 is 0 Å². The van der Waals surface area contributed by atoms with Gasteiger partial charge in [-0.15, -0.1) is 0 Å². The molecule has 3 N–H and O–H groups in total. The van der Waals surface area contributed by atoms with Gasteiger partial charge in [-0.2, -0.15) is 0 Å². The van der Waals surface area contributed by atoms with E-state index in [-0.39, 0.29) is 42.5 Å². The van der Waals surface area contributed by atoms with E-state index < -0.39 is 46.4 Å². The van der Waals surface area contributed by atoms with Crippen LogP contribution in [0.5, 0.6) is 0 Å². The molecule has 202 valence electrons. The van der Waals surface area contributed by atoms with Crippen LogP contribution in [-0.4, -0.2) is 82.3 Å². The molecule has 0 aromatic carbocycles. The molecule has 3 saturated carbocycles. The summed E-state index contributed by atoms with van der Waals surface area (Å²) in [5.41, 5.74) is -3.09. The first kappa shape index (κ1) is 25.4. The van der Waals surface area contributed by atoms with Crippen LogP contribution in [0, 0.1) is 22.7 Å². The molecule has 36 heavy (non-hydrogen) atoms. The summed E-state index contributed by atoms with van der Waals surface area (Å²) in [6.45, 7) is 7.86. The first-order valence-electron chi connectivity index (χ1n) is 13.8. The van der Waals surface area contributed by atoms with Gasteiger partial charge in [-0.25, -0.2) is 0 Å². The van der Waals surface area contributed by atoms with E-state index in [9.17, 15) is 20.1 Å². The highest BCUT2D eigenvalue weighted by atomic mass is 16.7. The number of methoxy groups -OCH3 is 1. The van der Waals surface area contributed by atoms with Gasteiger partial charge in [-0.05, 0) is 58.3 Å². The lowest BCUT2D eigenvalue weighted by atomic mass is 9.43. The number of ether oxygens (including phenoxy) is 4. The number of carbonyl (C=O) groups is 1. The van der Waals surface area contributed by atoms with Gasteiger partial charge in [0.15, 0.2) is 12.1 Å². The molecule has 0 bridgehead atoms. The molecule has 0 unspecified atom stereocenters. The Labute approximate surface area is 213 Å². The molecule has 6 rings (SSSR count). The number of rotatable bonds is 3. The molecule has 0 aromatic heterocycles. The summed E-state index contributed by atoms with van der Waals surface area (Å²) in [6, 6.07) is 0. The SMILES string of the molecule is CO[C@@H]1C[C@H](O[C@H]2CC[C@@]3(C)C(=CC[C@]4(O)[C@@H]3C(=O)[C@@H]3O[C@H](C)[C@@H]5CC[C@@]4(O)[C@]35C)C2)O[C@H](C)[C@@H]1O. The molecule has 0 amide bonds. The summed E-state index contributed by atoms with van der Waals surface area (Å²) in [6.07, 6.45) is 3.29. The van der Waals surface area contributed by atoms with E-state index >= 15 is 0 Å². The Morgan fingerprint density at radius 3 is 2.56 bits per heavy atom.